The van der Waals surface area contributed by atoms with E-state index in [0.717, 1.165) is 18.8 Å². The largest absolute Gasteiger partial charge is 0.368 e. The number of nitrogens with zero attached hydrogens (tertiary/aromatic N) is 2. The molecule has 2 heterocycles. The van der Waals surface area contributed by atoms with E-state index in [9.17, 15) is 0 Å². The second-order valence-corrected chi connectivity index (χ2v) is 4.55. The van der Waals surface area contributed by atoms with Gasteiger partial charge in [-0.3, -0.25) is 4.68 Å². The molecule has 3 rings (SSSR count). The fourth-order valence-corrected chi connectivity index (χ4v) is 2.30. The summed E-state index contributed by atoms with van der Waals surface area (Å²) >= 11 is 0. The van der Waals surface area contributed by atoms with Gasteiger partial charge in [-0.15, -0.1) is 0 Å². The molecule has 0 radical (unpaired) electrons. The van der Waals surface area contributed by atoms with Crippen molar-refractivity contribution in [1.82, 2.24) is 9.78 Å². The maximum Gasteiger partial charge on any atom is 0.110 e. The summed E-state index contributed by atoms with van der Waals surface area (Å²) in [5, 5.41) is 4.60. The fourth-order valence-electron chi connectivity index (χ4n) is 2.30. The van der Waals surface area contributed by atoms with Crippen molar-refractivity contribution in [3.8, 4) is 0 Å². The molecule has 1 fully saturated rings. The predicted octanol–water partition coefficient (Wildman–Crippen LogP) is 2.62. The molecule has 0 N–H and O–H groups in total. The highest BCUT2D eigenvalue weighted by Gasteiger charge is 2.30. The molecule has 1 atom stereocenters. The van der Waals surface area contributed by atoms with E-state index in [-0.39, 0.29) is 0 Å². The van der Waals surface area contributed by atoms with Crippen LogP contribution in [0.5, 0.6) is 0 Å². The topological polar surface area (TPSA) is 30.4 Å². The first-order chi connectivity index (χ1) is 8.25. The molecule has 88 valence electrons. The number of rotatable bonds is 3. The molecule has 2 aromatic rings. The van der Waals surface area contributed by atoms with Crippen molar-refractivity contribution in [2.24, 2.45) is 0 Å². The molecule has 0 aliphatic carbocycles. The standard InChI is InChI=1S/C14H16N2O/c1-10-14(13-9-17-13)11(2)16(15-10)8-12-6-4-3-5-7-12/h3-7,13H,8-9H2,1-2H3/t13-/m0/s1. The minimum atomic E-state index is 0.291. The van der Waals surface area contributed by atoms with E-state index in [2.05, 4.69) is 47.9 Å². The first-order valence-electron chi connectivity index (χ1n) is 5.95. The highest BCUT2D eigenvalue weighted by molar-refractivity contribution is 5.30. The Labute approximate surface area is 101 Å². The Kier molecular flexibility index (Phi) is 2.48. The van der Waals surface area contributed by atoms with Gasteiger partial charge in [0.15, 0.2) is 0 Å². The molecule has 17 heavy (non-hydrogen) atoms. The van der Waals surface area contributed by atoms with E-state index in [1.165, 1.54) is 16.8 Å². The lowest BCUT2D eigenvalue weighted by atomic mass is 10.1. The highest BCUT2D eigenvalue weighted by Crippen LogP contribution is 2.34. The predicted molar refractivity (Wildman–Crippen MR) is 65.9 cm³/mol. The molecule has 0 unspecified atom stereocenters. The number of ether oxygens (including phenoxy) is 1. The van der Waals surface area contributed by atoms with Gasteiger partial charge in [-0.25, -0.2) is 0 Å². The van der Waals surface area contributed by atoms with E-state index in [4.69, 9.17) is 4.74 Å². The number of hydrogen-bond acceptors (Lipinski definition) is 2. The first kappa shape index (κ1) is 10.5. The summed E-state index contributed by atoms with van der Waals surface area (Å²) in [5.74, 6) is 0. The molecule has 1 saturated heterocycles. The third-order valence-electron chi connectivity index (χ3n) is 3.27. The van der Waals surface area contributed by atoms with Gasteiger partial charge in [-0.2, -0.15) is 5.10 Å². The van der Waals surface area contributed by atoms with E-state index in [1.54, 1.807) is 0 Å². The van der Waals surface area contributed by atoms with Crippen molar-refractivity contribution >= 4 is 0 Å². The average molecular weight is 228 g/mol. The van der Waals surface area contributed by atoms with Crippen LogP contribution in [0.25, 0.3) is 0 Å². The zero-order valence-corrected chi connectivity index (χ0v) is 10.2. The molecule has 3 heteroatoms. The first-order valence-corrected chi connectivity index (χ1v) is 5.95. The van der Waals surface area contributed by atoms with Crippen LogP contribution >= 0.6 is 0 Å². The van der Waals surface area contributed by atoms with Gasteiger partial charge >= 0.3 is 0 Å². The van der Waals surface area contributed by atoms with Crippen molar-refractivity contribution in [3.63, 3.8) is 0 Å². The Balaban J connectivity index is 1.91. The van der Waals surface area contributed by atoms with Crippen LogP contribution in [0.2, 0.25) is 0 Å². The van der Waals surface area contributed by atoms with E-state index in [0.29, 0.717) is 6.10 Å². The molecular weight excluding hydrogens is 212 g/mol. The molecule has 1 aliphatic heterocycles. The number of hydrogen-bond donors (Lipinski definition) is 0. The zero-order chi connectivity index (χ0) is 11.8. The SMILES string of the molecule is Cc1nn(Cc2ccccc2)c(C)c1[C@@H]1CO1. The lowest BCUT2D eigenvalue weighted by Gasteiger charge is -2.04. The van der Waals surface area contributed by atoms with Crippen LogP contribution < -0.4 is 0 Å². The quantitative estimate of drug-likeness (QED) is 0.756. The zero-order valence-electron chi connectivity index (χ0n) is 10.2. The molecule has 0 amide bonds. The Hall–Kier alpha value is -1.61. The summed E-state index contributed by atoms with van der Waals surface area (Å²) in [5.41, 5.74) is 4.89. The molecule has 1 aromatic carbocycles. The summed E-state index contributed by atoms with van der Waals surface area (Å²) in [6, 6.07) is 10.4. The minimum absolute atomic E-state index is 0.291. The summed E-state index contributed by atoms with van der Waals surface area (Å²) in [4.78, 5) is 0. The molecule has 3 nitrogen and oxygen atoms in total. The van der Waals surface area contributed by atoms with Crippen LogP contribution in [0.15, 0.2) is 30.3 Å². The van der Waals surface area contributed by atoms with Crippen LogP contribution in [0.3, 0.4) is 0 Å². The maximum absolute atomic E-state index is 5.37. The van der Waals surface area contributed by atoms with Gasteiger partial charge in [0, 0.05) is 11.3 Å². The smallest absolute Gasteiger partial charge is 0.110 e. The van der Waals surface area contributed by atoms with Gasteiger partial charge in [0.05, 0.1) is 18.8 Å². The van der Waals surface area contributed by atoms with Crippen molar-refractivity contribution in [3.05, 3.63) is 52.8 Å². The monoisotopic (exact) mass is 228 g/mol. The van der Waals surface area contributed by atoms with Crippen LogP contribution in [0, 0.1) is 13.8 Å². The Morgan fingerprint density at radius 2 is 2.00 bits per heavy atom. The summed E-state index contributed by atoms with van der Waals surface area (Å²) < 4.78 is 7.44. The Morgan fingerprint density at radius 1 is 1.29 bits per heavy atom. The third kappa shape index (κ3) is 1.98. The number of epoxide rings is 1. The second kappa shape index (κ2) is 4.00. The Morgan fingerprint density at radius 3 is 2.65 bits per heavy atom. The summed E-state index contributed by atoms with van der Waals surface area (Å²) in [6.45, 7) is 5.87. The van der Waals surface area contributed by atoms with Gasteiger partial charge in [0.1, 0.15) is 6.10 Å². The van der Waals surface area contributed by atoms with Gasteiger partial charge < -0.3 is 4.74 Å². The Bertz CT molecular complexity index is 527. The lowest BCUT2D eigenvalue weighted by molar-refractivity contribution is 0.414. The average Bonchev–Trinajstić information content (AvgIpc) is 3.10. The van der Waals surface area contributed by atoms with Crippen molar-refractivity contribution in [2.75, 3.05) is 6.61 Å². The number of aromatic nitrogens is 2. The minimum Gasteiger partial charge on any atom is -0.368 e. The van der Waals surface area contributed by atoms with Crippen molar-refractivity contribution in [2.45, 2.75) is 26.5 Å². The highest BCUT2D eigenvalue weighted by atomic mass is 16.6. The second-order valence-electron chi connectivity index (χ2n) is 4.55. The molecule has 0 spiro atoms. The molecule has 1 aromatic heterocycles. The summed E-state index contributed by atoms with van der Waals surface area (Å²) in [6.07, 6.45) is 0.291. The lowest BCUT2D eigenvalue weighted by Crippen LogP contribution is -2.04. The fraction of sp³-hybridized carbons (Fsp3) is 0.357. The molecule has 1 aliphatic rings. The van der Waals surface area contributed by atoms with Gasteiger partial charge in [0.25, 0.3) is 0 Å². The van der Waals surface area contributed by atoms with Crippen molar-refractivity contribution in [1.29, 1.82) is 0 Å². The summed E-state index contributed by atoms with van der Waals surface area (Å²) in [7, 11) is 0. The molecular formula is C14H16N2O. The van der Waals surface area contributed by atoms with E-state index < -0.39 is 0 Å². The van der Waals surface area contributed by atoms with E-state index in [1.807, 2.05) is 6.07 Å². The molecule has 0 saturated carbocycles. The van der Waals surface area contributed by atoms with Gasteiger partial charge in [-0.1, -0.05) is 30.3 Å². The van der Waals surface area contributed by atoms with Crippen LogP contribution in [0.4, 0.5) is 0 Å². The van der Waals surface area contributed by atoms with Gasteiger partial charge in [0.2, 0.25) is 0 Å². The normalized spacial score (nSPS) is 18.4. The van der Waals surface area contributed by atoms with Crippen LogP contribution in [-0.2, 0) is 11.3 Å². The van der Waals surface area contributed by atoms with Crippen LogP contribution in [-0.4, -0.2) is 16.4 Å². The van der Waals surface area contributed by atoms with E-state index >= 15 is 0 Å². The third-order valence-corrected chi connectivity index (χ3v) is 3.27. The van der Waals surface area contributed by atoms with Crippen molar-refractivity contribution < 1.29 is 4.74 Å². The van der Waals surface area contributed by atoms with Crippen LogP contribution in [0.1, 0.15) is 28.6 Å². The molecule has 0 bridgehead atoms. The van der Waals surface area contributed by atoms with Gasteiger partial charge in [-0.05, 0) is 19.4 Å². The maximum atomic E-state index is 5.37. The number of aryl methyl sites for hydroxylation is 1. The number of benzene rings is 1.